The molecule has 1 N–H and O–H groups in total. The summed E-state index contributed by atoms with van der Waals surface area (Å²) in [5.41, 5.74) is 0. The van der Waals surface area contributed by atoms with Crippen LogP contribution in [-0.2, 0) is 9.53 Å². The van der Waals surface area contributed by atoms with Crippen LogP contribution < -0.4 is 10.2 Å². The maximum atomic E-state index is 12.4. The SMILES string of the molecule is CCCNc1cc(N2CCCC(CCC(=O)N3CCOCC3)C2)ncn1. The number of aromatic nitrogens is 2. The Labute approximate surface area is 156 Å². The van der Waals surface area contributed by atoms with Gasteiger partial charge in [0.15, 0.2) is 0 Å². The highest BCUT2D eigenvalue weighted by molar-refractivity contribution is 5.76. The average molecular weight is 361 g/mol. The topological polar surface area (TPSA) is 70.6 Å². The Morgan fingerprint density at radius 1 is 1.31 bits per heavy atom. The summed E-state index contributed by atoms with van der Waals surface area (Å²) in [6, 6.07) is 2.04. The number of carbonyl (C=O) groups is 1. The van der Waals surface area contributed by atoms with E-state index in [-0.39, 0.29) is 5.91 Å². The summed E-state index contributed by atoms with van der Waals surface area (Å²) in [5.74, 6) is 2.71. The smallest absolute Gasteiger partial charge is 0.222 e. The second-order valence-corrected chi connectivity index (χ2v) is 7.17. The first-order chi connectivity index (χ1) is 12.8. The lowest BCUT2D eigenvalue weighted by Crippen LogP contribution is -2.41. The van der Waals surface area contributed by atoms with Crippen molar-refractivity contribution in [2.45, 2.75) is 39.0 Å². The number of amides is 1. The summed E-state index contributed by atoms with van der Waals surface area (Å²) >= 11 is 0. The van der Waals surface area contributed by atoms with Gasteiger partial charge in [-0.1, -0.05) is 6.92 Å². The molecular formula is C19H31N5O2. The van der Waals surface area contributed by atoms with Crippen LogP contribution in [0.25, 0.3) is 0 Å². The Morgan fingerprint density at radius 3 is 2.96 bits per heavy atom. The van der Waals surface area contributed by atoms with E-state index in [2.05, 4.69) is 27.1 Å². The number of hydrogen-bond acceptors (Lipinski definition) is 6. The highest BCUT2D eigenvalue weighted by atomic mass is 16.5. The number of ether oxygens (including phenoxy) is 1. The van der Waals surface area contributed by atoms with E-state index >= 15 is 0 Å². The molecule has 0 radical (unpaired) electrons. The van der Waals surface area contributed by atoms with Gasteiger partial charge in [0.25, 0.3) is 0 Å². The largest absolute Gasteiger partial charge is 0.378 e. The molecule has 7 heteroatoms. The zero-order valence-corrected chi connectivity index (χ0v) is 15.8. The van der Waals surface area contributed by atoms with Crippen molar-refractivity contribution in [1.29, 1.82) is 0 Å². The summed E-state index contributed by atoms with van der Waals surface area (Å²) in [7, 11) is 0. The molecule has 1 aromatic heterocycles. The number of rotatable bonds is 7. The van der Waals surface area contributed by atoms with Gasteiger partial charge in [-0.05, 0) is 31.6 Å². The molecule has 0 saturated carbocycles. The van der Waals surface area contributed by atoms with E-state index in [1.165, 1.54) is 6.42 Å². The van der Waals surface area contributed by atoms with Crippen LogP contribution in [0.2, 0.25) is 0 Å². The number of anilines is 2. The van der Waals surface area contributed by atoms with Crippen molar-refractivity contribution in [3.05, 3.63) is 12.4 Å². The molecule has 2 aliphatic rings. The summed E-state index contributed by atoms with van der Waals surface area (Å²) in [6.45, 7) is 7.88. The van der Waals surface area contributed by atoms with Gasteiger partial charge >= 0.3 is 0 Å². The first kappa shape index (κ1) is 18.9. The molecule has 1 amide bonds. The molecule has 0 bridgehead atoms. The molecule has 7 nitrogen and oxygen atoms in total. The standard InChI is InChI=1S/C19H31N5O2/c1-2-7-20-17-13-18(22-15-21-17)24-8-3-4-16(14-24)5-6-19(25)23-9-11-26-12-10-23/h13,15-16H,2-12,14H2,1H3,(H,20,21,22). The molecule has 0 aliphatic carbocycles. The zero-order chi connectivity index (χ0) is 18.2. The molecule has 26 heavy (non-hydrogen) atoms. The first-order valence-electron chi connectivity index (χ1n) is 9.92. The Hall–Kier alpha value is -1.89. The number of nitrogens with zero attached hydrogens (tertiary/aromatic N) is 4. The monoisotopic (exact) mass is 361 g/mol. The molecule has 0 aromatic carbocycles. The summed E-state index contributed by atoms with van der Waals surface area (Å²) in [5, 5.41) is 3.32. The second-order valence-electron chi connectivity index (χ2n) is 7.17. The number of piperidine rings is 1. The molecule has 144 valence electrons. The van der Waals surface area contributed by atoms with Crippen LogP contribution in [0.5, 0.6) is 0 Å². The molecule has 3 heterocycles. The van der Waals surface area contributed by atoms with E-state index < -0.39 is 0 Å². The van der Waals surface area contributed by atoms with Gasteiger partial charge in [0.1, 0.15) is 18.0 Å². The molecule has 2 fully saturated rings. The van der Waals surface area contributed by atoms with Crippen LogP contribution in [0.1, 0.15) is 39.0 Å². The van der Waals surface area contributed by atoms with Gasteiger partial charge in [0, 0.05) is 45.2 Å². The van der Waals surface area contributed by atoms with Gasteiger partial charge in [-0.2, -0.15) is 0 Å². The molecular weight excluding hydrogens is 330 g/mol. The molecule has 1 atom stereocenters. The lowest BCUT2D eigenvalue weighted by Gasteiger charge is -2.34. The Morgan fingerprint density at radius 2 is 2.15 bits per heavy atom. The predicted molar refractivity (Wildman–Crippen MR) is 102 cm³/mol. The van der Waals surface area contributed by atoms with Crippen LogP contribution >= 0.6 is 0 Å². The number of carbonyl (C=O) groups excluding carboxylic acids is 1. The van der Waals surface area contributed by atoms with Crippen molar-refractivity contribution >= 4 is 17.5 Å². The zero-order valence-electron chi connectivity index (χ0n) is 15.8. The Bertz CT molecular complexity index is 577. The van der Waals surface area contributed by atoms with Crippen LogP contribution in [0.15, 0.2) is 12.4 Å². The van der Waals surface area contributed by atoms with E-state index in [0.29, 0.717) is 25.6 Å². The average Bonchev–Trinajstić information content (AvgIpc) is 2.71. The van der Waals surface area contributed by atoms with Crippen LogP contribution in [0, 0.1) is 5.92 Å². The van der Waals surface area contributed by atoms with Gasteiger partial charge in [-0.25, -0.2) is 9.97 Å². The first-order valence-corrected chi connectivity index (χ1v) is 9.92. The fourth-order valence-corrected chi connectivity index (χ4v) is 3.68. The number of nitrogens with one attached hydrogen (secondary N) is 1. The van der Waals surface area contributed by atoms with E-state index in [0.717, 1.165) is 63.6 Å². The van der Waals surface area contributed by atoms with Crippen LogP contribution in [0.4, 0.5) is 11.6 Å². The van der Waals surface area contributed by atoms with Gasteiger partial charge in [0.2, 0.25) is 5.91 Å². The van der Waals surface area contributed by atoms with E-state index in [1.54, 1.807) is 6.33 Å². The number of morpholine rings is 1. The van der Waals surface area contributed by atoms with Crippen molar-refractivity contribution < 1.29 is 9.53 Å². The molecule has 3 rings (SSSR count). The number of hydrogen-bond donors (Lipinski definition) is 1. The van der Waals surface area contributed by atoms with Gasteiger partial charge in [0.05, 0.1) is 13.2 Å². The van der Waals surface area contributed by atoms with E-state index in [4.69, 9.17) is 4.74 Å². The van der Waals surface area contributed by atoms with Crippen LogP contribution in [-0.4, -0.2) is 66.7 Å². The van der Waals surface area contributed by atoms with Crippen molar-refractivity contribution in [2.75, 3.05) is 56.2 Å². The quantitative estimate of drug-likeness (QED) is 0.802. The van der Waals surface area contributed by atoms with Gasteiger partial charge in [-0.15, -0.1) is 0 Å². The lowest BCUT2D eigenvalue weighted by atomic mass is 9.93. The minimum absolute atomic E-state index is 0.276. The van der Waals surface area contributed by atoms with Crippen molar-refractivity contribution in [2.24, 2.45) is 5.92 Å². The molecule has 2 aliphatic heterocycles. The third kappa shape index (κ3) is 5.30. The third-order valence-electron chi connectivity index (χ3n) is 5.18. The maximum Gasteiger partial charge on any atom is 0.222 e. The van der Waals surface area contributed by atoms with Crippen molar-refractivity contribution in [3.63, 3.8) is 0 Å². The molecule has 2 saturated heterocycles. The summed E-state index contributed by atoms with van der Waals surface area (Å²) in [4.78, 5) is 25.4. The van der Waals surface area contributed by atoms with Gasteiger partial charge < -0.3 is 19.9 Å². The highest BCUT2D eigenvalue weighted by Gasteiger charge is 2.23. The fourth-order valence-electron chi connectivity index (χ4n) is 3.68. The molecule has 1 aromatic rings. The molecule has 1 unspecified atom stereocenters. The Balaban J connectivity index is 1.50. The normalized spacial score (nSPS) is 20.9. The van der Waals surface area contributed by atoms with Gasteiger partial charge in [-0.3, -0.25) is 4.79 Å². The van der Waals surface area contributed by atoms with Crippen molar-refractivity contribution in [1.82, 2.24) is 14.9 Å². The third-order valence-corrected chi connectivity index (χ3v) is 5.18. The predicted octanol–water partition coefficient (Wildman–Crippen LogP) is 2.15. The second kappa shape index (κ2) is 9.71. The minimum atomic E-state index is 0.276. The fraction of sp³-hybridized carbons (Fsp3) is 0.737. The summed E-state index contributed by atoms with van der Waals surface area (Å²) < 4.78 is 5.32. The highest BCUT2D eigenvalue weighted by Crippen LogP contribution is 2.25. The summed E-state index contributed by atoms with van der Waals surface area (Å²) in [6.07, 6.45) is 6.66. The van der Waals surface area contributed by atoms with E-state index in [1.807, 2.05) is 11.0 Å². The maximum absolute atomic E-state index is 12.4. The lowest BCUT2D eigenvalue weighted by molar-refractivity contribution is -0.135. The minimum Gasteiger partial charge on any atom is -0.378 e. The van der Waals surface area contributed by atoms with Crippen LogP contribution in [0.3, 0.4) is 0 Å². The van der Waals surface area contributed by atoms with Crippen molar-refractivity contribution in [3.8, 4) is 0 Å². The molecule has 0 spiro atoms. The van der Waals surface area contributed by atoms with E-state index in [9.17, 15) is 4.79 Å². The Kier molecular flexibility index (Phi) is 7.05.